The quantitative estimate of drug-likeness (QED) is 0.475. The molecule has 1 N–H and O–H groups in total. The smallest absolute Gasteiger partial charge is 0.266 e. The largest absolute Gasteiger partial charge is 0.350 e. The molecule has 0 aromatic heterocycles. The second kappa shape index (κ2) is 7.04. The van der Waals surface area contributed by atoms with Gasteiger partial charge >= 0.3 is 0 Å². The van der Waals surface area contributed by atoms with Crippen LogP contribution in [0.25, 0.3) is 5.57 Å². The molecule has 2 heterocycles. The Bertz CT molecular complexity index is 970. The predicted octanol–water partition coefficient (Wildman–Crippen LogP) is 2.40. The minimum atomic E-state index is -3.94. The zero-order valence-electron chi connectivity index (χ0n) is 14.3. The maximum Gasteiger partial charge on any atom is 0.266 e. The summed E-state index contributed by atoms with van der Waals surface area (Å²) in [6, 6.07) is 15.0. The molecule has 2 aromatic carbocycles. The third-order valence-electron chi connectivity index (χ3n) is 4.51. The van der Waals surface area contributed by atoms with Crippen molar-refractivity contribution in [3.8, 4) is 0 Å². The molecule has 0 radical (unpaired) electrons. The molecule has 0 saturated carbocycles. The molecule has 2 aliphatic heterocycles. The third-order valence-corrected chi connectivity index (χ3v) is 6.28. The summed E-state index contributed by atoms with van der Waals surface area (Å²) in [5.74, 6) is 0. The number of hydrogen-bond acceptors (Lipinski definition) is 7. The van der Waals surface area contributed by atoms with Gasteiger partial charge in [0.05, 0.1) is 10.6 Å². The molecular weight excluding hydrogens is 374 g/mol. The van der Waals surface area contributed by atoms with E-state index in [4.69, 9.17) is 19.8 Å². The van der Waals surface area contributed by atoms with E-state index in [1.807, 2.05) is 0 Å². The van der Waals surface area contributed by atoms with Gasteiger partial charge in [-0.05, 0) is 18.2 Å². The summed E-state index contributed by atoms with van der Waals surface area (Å²) in [6.07, 6.45) is -2.18. The molecular formula is C18H17NO7S. The van der Waals surface area contributed by atoms with Gasteiger partial charge in [0.2, 0.25) is 12.5 Å². The van der Waals surface area contributed by atoms with Gasteiger partial charge in [-0.3, -0.25) is 0 Å². The minimum Gasteiger partial charge on any atom is -0.350 e. The van der Waals surface area contributed by atoms with Crippen molar-refractivity contribution in [1.29, 1.82) is 0 Å². The van der Waals surface area contributed by atoms with E-state index < -0.39 is 22.5 Å². The van der Waals surface area contributed by atoms with Crippen molar-refractivity contribution >= 4 is 21.3 Å². The first-order valence-electron chi connectivity index (χ1n) is 8.12. The minimum absolute atomic E-state index is 0.0432. The van der Waals surface area contributed by atoms with Crippen molar-refractivity contribution in [3.63, 3.8) is 0 Å². The van der Waals surface area contributed by atoms with E-state index >= 15 is 0 Å². The lowest BCUT2D eigenvalue weighted by Crippen LogP contribution is -2.42. The summed E-state index contributed by atoms with van der Waals surface area (Å²) < 4.78 is 32.9. The molecule has 0 fully saturated rings. The van der Waals surface area contributed by atoms with Crippen LogP contribution in [-0.2, 0) is 29.4 Å². The molecule has 27 heavy (non-hydrogen) atoms. The summed E-state index contributed by atoms with van der Waals surface area (Å²) in [5.41, 5.74) is 2.04. The number of hydrogen-bond donors (Lipinski definition) is 1. The van der Waals surface area contributed by atoms with E-state index in [0.717, 1.165) is 4.31 Å². The van der Waals surface area contributed by atoms with Gasteiger partial charge in [-0.25, -0.2) is 32.6 Å². The summed E-state index contributed by atoms with van der Waals surface area (Å²) in [5, 5.41) is 9.16. The van der Waals surface area contributed by atoms with E-state index in [-0.39, 0.29) is 11.5 Å². The van der Waals surface area contributed by atoms with Crippen LogP contribution in [0.1, 0.15) is 5.56 Å². The van der Waals surface area contributed by atoms with Crippen molar-refractivity contribution < 1.29 is 33.1 Å². The van der Waals surface area contributed by atoms with Crippen LogP contribution in [-0.4, -0.2) is 39.9 Å². The number of nitrogens with zero attached hydrogens (tertiary/aromatic N) is 1. The number of para-hydroxylation sites is 1. The molecule has 142 valence electrons. The number of rotatable bonds is 5. The number of sulfonamides is 1. The van der Waals surface area contributed by atoms with E-state index in [0.29, 0.717) is 22.4 Å². The number of fused-ring (bicyclic) bond motifs is 3. The summed E-state index contributed by atoms with van der Waals surface area (Å²) >= 11 is 0. The monoisotopic (exact) mass is 391 g/mol. The van der Waals surface area contributed by atoms with Crippen LogP contribution in [0, 0.1) is 0 Å². The molecule has 0 spiro atoms. The van der Waals surface area contributed by atoms with Crippen molar-refractivity contribution in [3.05, 3.63) is 65.7 Å². The molecule has 2 aliphatic rings. The Kier molecular flexibility index (Phi) is 4.72. The van der Waals surface area contributed by atoms with Gasteiger partial charge in [-0.2, -0.15) is 0 Å². The summed E-state index contributed by atoms with van der Waals surface area (Å²) in [4.78, 5) is 15.0. The summed E-state index contributed by atoms with van der Waals surface area (Å²) in [7, 11) is -2.58. The van der Waals surface area contributed by atoms with E-state index in [9.17, 15) is 8.42 Å². The standard InChI is InChI=1S/C18H17NO7S/c1-23-18(25-20)14-11-24-26-17-16(14)13-9-5-6-10-15(13)19(17)27(21,22)12-7-3-2-4-8-12/h2-10,17-18,20H,11H2,1H3/t17-,18?/m0/s1. The molecule has 4 rings (SSSR count). The summed E-state index contributed by atoms with van der Waals surface area (Å²) in [6.45, 7) is -0.0432. The van der Waals surface area contributed by atoms with Gasteiger partial charge < -0.3 is 4.74 Å². The zero-order valence-corrected chi connectivity index (χ0v) is 15.1. The van der Waals surface area contributed by atoms with Gasteiger partial charge in [0.1, 0.15) is 6.61 Å². The molecule has 0 amide bonds. The first-order chi connectivity index (χ1) is 13.1. The van der Waals surface area contributed by atoms with Gasteiger partial charge in [0, 0.05) is 23.8 Å². The van der Waals surface area contributed by atoms with Crippen LogP contribution >= 0.6 is 0 Å². The molecule has 2 aromatic rings. The lowest BCUT2D eigenvalue weighted by atomic mass is 10.00. The Balaban J connectivity index is 1.93. The lowest BCUT2D eigenvalue weighted by molar-refractivity contribution is -0.344. The molecule has 0 aliphatic carbocycles. The fourth-order valence-electron chi connectivity index (χ4n) is 3.33. The average molecular weight is 391 g/mol. The highest BCUT2D eigenvalue weighted by atomic mass is 32.2. The van der Waals surface area contributed by atoms with Crippen LogP contribution in [0.4, 0.5) is 5.69 Å². The van der Waals surface area contributed by atoms with E-state index in [1.165, 1.54) is 19.2 Å². The van der Waals surface area contributed by atoms with Crippen LogP contribution < -0.4 is 4.31 Å². The van der Waals surface area contributed by atoms with Crippen LogP contribution in [0.15, 0.2) is 65.1 Å². The number of anilines is 1. The second-order valence-electron chi connectivity index (χ2n) is 5.95. The first-order valence-corrected chi connectivity index (χ1v) is 9.56. The Morgan fingerprint density at radius 2 is 1.85 bits per heavy atom. The van der Waals surface area contributed by atoms with E-state index in [2.05, 4.69) is 4.89 Å². The third kappa shape index (κ3) is 2.85. The van der Waals surface area contributed by atoms with E-state index in [1.54, 1.807) is 42.5 Å². The van der Waals surface area contributed by atoms with Gasteiger partial charge in [0.15, 0.2) is 0 Å². The maximum absolute atomic E-state index is 13.3. The lowest BCUT2D eigenvalue weighted by Gasteiger charge is -2.30. The topological polar surface area (TPSA) is 94.5 Å². The molecule has 0 bridgehead atoms. The van der Waals surface area contributed by atoms with Crippen LogP contribution in [0.2, 0.25) is 0 Å². The van der Waals surface area contributed by atoms with Crippen molar-refractivity contribution in [2.75, 3.05) is 18.0 Å². The van der Waals surface area contributed by atoms with Gasteiger partial charge in [0.25, 0.3) is 10.0 Å². The number of methoxy groups -OCH3 is 1. The molecule has 9 heteroatoms. The fraction of sp³-hybridized carbons (Fsp3) is 0.222. The maximum atomic E-state index is 13.3. The van der Waals surface area contributed by atoms with Crippen LogP contribution in [0.5, 0.6) is 0 Å². The predicted molar refractivity (Wildman–Crippen MR) is 94.8 cm³/mol. The highest BCUT2D eigenvalue weighted by Gasteiger charge is 2.47. The fourth-order valence-corrected chi connectivity index (χ4v) is 4.87. The van der Waals surface area contributed by atoms with Gasteiger partial charge in [-0.1, -0.05) is 36.4 Å². The Labute approximate surface area is 156 Å². The molecule has 2 atom stereocenters. The Morgan fingerprint density at radius 1 is 1.15 bits per heavy atom. The normalized spacial score (nSPS) is 20.4. The van der Waals surface area contributed by atoms with Crippen molar-refractivity contribution in [2.45, 2.75) is 17.4 Å². The SMILES string of the molecule is COC(OO)C1=C2c3ccccc3N(S(=O)(=O)c3ccccc3)[C@H]2OOC1. The van der Waals surface area contributed by atoms with Crippen molar-refractivity contribution in [1.82, 2.24) is 0 Å². The molecule has 1 unspecified atom stereocenters. The second-order valence-corrected chi connectivity index (χ2v) is 7.77. The van der Waals surface area contributed by atoms with Gasteiger partial charge in [-0.15, -0.1) is 0 Å². The number of ether oxygens (including phenoxy) is 1. The highest BCUT2D eigenvalue weighted by Crippen LogP contribution is 2.47. The highest BCUT2D eigenvalue weighted by molar-refractivity contribution is 7.93. The molecule has 0 saturated heterocycles. The van der Waals surface area contributed by atoms with Crippen LogP contribution in [0.3, 0.4) is 0 Å². The first kappa shape index (κ1) is 18.1. The number of benzene rings is 2. The molecule has 8 nitrogen and oxygen atoms in total. The zero-order chi connectivity index (χ0) is 19.0. The Hall–Kier alpha value is -2.27. The van der Waals surface area contributed by atoms with Crippen molar-refractivity contribution in [2.24, 2.45) is 0 Å². The Morgan fingerprint density at radius 3 is 2.56 bits per heavy atom. The average Bonchev–Trinajstić information content (AvgIpc) is 3.05.